The molecule has 4 rings (SSSR count). The molecule has 190 valence electrons. The maximum atomic E-state index is 14.0. The first-order chi connectivity index (χ1) is 17.0. The van der Waals surface area contributed by atoms with E-state index in [-0.39, 0.29) is 27.7 Å². The van der Waals surface area contributed by atoms with Gasteiger partial charge in [0, 0.05) is 35.0 Å². The second-order valence-electron chi connectivity index (χ2n) is 8.97. The van der Waals surface area contributed by atoms with E-state index >= 15 is 0 Å². The minimum absolute atomic E-state index is 0.0620. The molecular formula is C27H28Cl2FN3O3. The number of nitrogens with zero attached hydrogens (tertiary/aromatic N) is 2. The van der Waals surface area contributed by atoms with Crippen LogP contribution >= 0.6 is 23.2 Å². The zero-order valence-corrected chi connectivity index (χ0v) is 21.8. The van der Waals surface area contributed by atoms with Gasteiger partial charge >= 0.3 is 0 Å². The van der Waals surface area contributed by atoms with Crippen LogP contribution in [-0.4, -0.2) is 29.0 Å². The SMILES string of the molecule is CC1CCC[C@H]1C.CN(C(=O)c1c(F)cccc1Cl)c1ncc(-c2cc(C(N)=O)ccc2Cl)cc1O. The van der Waals surface area contributed by atoms with Crippen molar-refractivity contribution in [1.29, 1.82) is 0 Å². The van der Waals surface area contributed by atoms with E-state index in [9.17, 15) is 19.1 Å². The Morgan fingerprint density at radius 1 is 1.08 bits per heavy atom. The summed E-state index contributed by atoms with van der Waals surface area (Å²) >= 11 is 12.1. The number of rotatable bonds is 4. The van der Waals surface area contributed by atoms with Gasteiger partial charge in [-0.05, 0) is 48.2 Å². The number of halogens is 3. The second kappa shape index (κ2) is 11.7. The lowest BCUT2D eigenvalue weighted by molar-refractivity contribution is 0.0983. The van der Waals surface area contributed by atoms with Gasteiger partial charge in [0.25, 0.3) is 5.91 Å². The van der Waals surface area contributed by atoms with Gasteiger partial charge in [-0.2, -0.15) is 0 Å². The molecule has 1 fully saturated rings. The summed E-state index contributed by atoms with van der Waals surface area (Å²) in [6, 6.07) is 9.63. The lowest BCUT2D eigenvalue weighted by Crippen LogP contribution is -2.28. The quantitative estimate of drug-likeness (QED) is 0.390. The van der Waals surface area contributed by atoms with Gasteiger partial charge in [0.05, 0.1) is 10.6 Å². The lowest BCUT2D eigenvalue weighted by Gasteiger charge is -2.19. The number of hydrogen-bond donors (Lipinski definition) is 2. The van der Waals surface area contributed by atoms with Crippen LogP contribution in [-0.2, 0) is 0 Å². The van der Waals surface area contributed by atoms with Crippen LogP contribution in [0.4, 0.5) is 10.2 Å². The van der Waals surface area contributed by atoms with E-state index in [4.69, 9.17) is 28.9 Å². The zero-order chi connectivity index (χ0) is 26.6. The fourth-order valence-corrected chi connectivity index (χ4v) is 4.52. The number of aromatic nitrogens is 1. The van der Waals surface area contributed by atoms with Crippen molar-refractivity contribution in [2.24, 2.45) is 17.6 Å². The van der Waals surface area contributed by atoms with Crippen LogP contribution in [0.15, 0.2) is 48.7 Å². The third kappa shape index (κ3) is 6.15. The molecule has 0 radical (unpaired) electrons. The number of primary amides is 1. The maximum absolute atomic E-state index is 14.0. The third-order valence-corrected chi connectivity index (χ3v) is 7.14. The molecule has 1 heterocycles. The van der Waals surface area contributed by atoms with Crippen molar-refractivity contribution in [2.75, 3.05) is 11.9 Å². The van der Waals surface area contributed by atoms with Crippen molar-refractivity contribution < 1.29 is 19.1 Å². The molecule has 1 aliphatic carbocycles. The molecule has 2 atom stereocenters. The summed E-state index contributed by atoms with van der Waals surface area (Å²) in [5, 5.41) is 10.7. The van der Waals surface area contributed by atoms with Crippen LogP contribution in [0.25, 0.3) is 11.1 Å². The summed E-state index contributed by atoms with van der Waals surface area (Å²) in [6.07, 6.45) is 5.78. The first kappa shape index (κ1) is 27.4. The topological polar surface area (TPSA) is 96.5 Å². The number of aromatic hydroxyl groups is 1. The largest absolute Gasteiger partial charge is 0.504 e. The predicted molar refractivity (Wildman–Crippen MR) is 141 cm³/mol. The highest BCUT2D eigenvalue weighted by atomic mass is 35.5. The van der Waals surface area contributed by atoms with Gasteiger partial charge in [-0.15, -0.1) is 0 Å². The average Bonchev–Trinajstić information content (AvgIpc) is 3.21. The lowest BCUT2D eigenvalue weighted by atomic mass is 10.0. The van der Waals surface area contributed by atoms with Crippen LogP contribution in [0.1, 0.15) is 53.8 Å². The molecule has 2 aromatic carbocycles. The Bertz CT molecular complexity index is 1260. The number of amides is 2. The highest BCUT2D eigenvalue weighted by molar-refractivity contribution is 6.34. The van der Waals surface area contributed by atoms with E-state index in [0.717, 1.165) is 22.8 Å². The molecule has 1 unspecified atom stereocenters. The molecule has 9 heteroatoms. The third-order valence-electron chi connectivity index (χ3n) is 6.50. The number of nitrogens with two attached hydrogens (primary N) is 1. The number of carbonyl (C=O) groups is 2. The Morgan fingerprint density at radius 2 is 1.75 bits per heavy atom. The van der Waals surface area contributed by atoms with Crippen LogP contribution in [0.5, 0.6) is 5.75 Å². The normalized spacial score (nSPS) is 16.7. The molecule has 0 saturated heterocycles. The molecule has 36 heavy (non-hydrogen) atoms. The van der Waals surface area contributed by atoms with E-state index in [1.165, 1.54) is 68.9 Å². The fraction of sp³-hybridized carbons (Fsp3) is 0.296. The fourth-order valence-electron chi connectivity index (χ4n) is 4.05. The maximum Gasteiger partial charge on any atom is 0.263 e. The van der Waals surface area contributed by atoms with Crippen molar-refractivity contribution in [1.82, 2.24) is 4.98 Å². The highest BCUT2D eigenvalue weighted by Gasteiger charge is 2.24. The van der Waals surface area contributed by atoms with Crippen LogP contribution in [0, 0.1) is 17.7 Å². The van der Waals surface area contributed by atoms with Gasteiger partial charge in [0.1, 0.15) is 5.82 Å². The summed E-state index contributed by atoms with van der Waals surface area (Å²) in [4.78, 5) is 29.1. The number of benzene rings is 2. The van der Waals surface area contributed by atoms with Crippen LogP contribution in [0.2, 0.25) is 10.0 Å². The standard InChI is InChI=1S/C20H14Cl2FN3O3.C7H14/c1-26(20(29)17-14(22)3-2-4-15(17)23)19-16(27)8-11(9-25-19)12-7-10(18(24)28)5-6-13(12)21;1-6-4-3-5-7(6)2/h2-9,27H,1H3,(H2,24,28);6-7H,3-5H2,1-2H3/t;6-,7?/m.1/s1. The Kier molecular flexibility index (Phi) is 8.93. The molecule has 2 amide bonds. The molecule has 6 nitrogen and oxygen atoms in total. The highest BCUT2D eigenvalue weighted by Crippen LogP contribution is 2.35. The van der Waals surface area contributed by atoms with E-state index in [0.29, 0.717) is 16.1 Å². The van der Waals surface area contributed by atoms with Crippen LogP contribution < -0.4 is 10.6 Å². The predicted octanol–water partition coefficient (Wildman–Crippen LogP) is 6.72. The summed E-state index contributed by atoms with van der Waals surface area (Å²) in [5.74, 6) is -0.645. The van der Waals surface area contributed by atoms with E-state index < -0.39 is 17.6 Å². The molecule has 0 aliphatic heterocycles. The molecule has 1 saturated carbocycles. The number of hydrogen-bond acceptors (Lipinski definition) is 4. The first-order valence-corrected chi connectivity index (χ1v) is 12.3. The smallest absolute Gasteiger partial charge is 0.263 e. The van der Waals surface area contributed by atoms with Gasteiger partial charge in [-0.1, -0.05) is 62.4 Å². The minimum atomic E-state index is -0.791. The van der Waals surface area contributed by atoms with Crippen molar-refractivity contribution >= 4 is 40.8 Å². The van der Waals surface area contributed by atoms with E-state index in [1.807, 2.05) is 0 Å². The Balaban J connectivity index is 0.000000444. The number of anilines is 1. The molecule has 0 spiro atoms. The van der Waals surface area contributed by atoms with Crippen molar-refractivity contribution in [3.05, 3.63) is 75.7 Å². The van der Waals surface area contributed by atoms with Crippen LogP contribution in [0.3, 0.4) is 0 Å². The van der Waals surface area contributed by atoms with Gasteiger partial charge < -0.3 is 10.8 Å². The van der Waals surface area contributed by atoms with Gasteiger partial charge in [-0.25, -0.2) is 9.37 Å². The minimum Gasteiger partial charge on any atom is -0.504 e. The summed E-state index contributed by atoms with van der Waals surface area (Å²) in [7, 11) is 1.33. The number of carbonyl (C=O) groups excluding carboxylic acids is 2. The monoisotopic (exact) mass is 531 g/mol. The first-order valence-electron chi connectivity index (χ1n) is 11.5. The summed E-state index contributed by atoms with van der Waals surface area (Å²) < 4.78 is 14.0. The van der Waals surface area contributed by atoms with E-state index in [2.05, 4.69) is 18.8 Å². The summed E-state index contributed by atoms with van der Waals surface area (Å²) in [5.41, 5.74) is 5.99. The van der Waals surface area contributed by atoms with Crippen molar-refractivity contribution in [3.63, 3.8) is 0 Å². The van der Waals surface area contributed by atoms with Gasteiger partial charge in [0.2, 0.25) is 5.91 Å². The molecule has 1 aliphatic rings. The van der Waals surface area contributed by atoms with Gasteiger partial charge in [-0.3, -0.25) is 14.5 Å². The zero-order valence-electron chi connectivity index (χ0n) is 20.3. The molecular weight excluding hydrogens is 504 g/mol. The molecule has 3 aromatic rings. The number of pyridine rings is 1. The Labute approximate surface area is 219 Å². The molecule has 3 N–H and O–H groups in total. The average molecular weight is 532 g/mol. The Morgan fingerprint density at radius 3 is 2.28 bits per heavy atom. The molecule has 1 aromatic heterocycles. The van der Waals surface area contributed by atoms with Crippen molar-refractivity contribution in [3.8, 4) is 16.9 Å². The second-order valence-corrected chi connectivity index (χ2v) is 9.79. The van der Waals surface area contributed by atoms with Crippen molar-refractivity contribution in [2.45, 2.75) is 33.1 Å². The molecule has 0 bridgehead atoms. The Hall–Kier alpha value is -3.16. The van der Waals surface area contributed by atoms with Gasteiger partial charge in [0.15, 0.2) is 11.6 Å². The summed E-state index contributed by atoms with van der Waals surface area (Å²) in [6.45, 7) is 4.72. The van der Waals surface area contributed by atoms with E-state index in [1.54, 1.807) is 0 Å².